The van der Waals surface area contributed by atoms with Crippen LogP contribution in [0.2, 0.25) is 5.02 Å². The minimum absolute atomic E-state index is 0.0998. The molecule has 0 aromatic heterocycles. The fraction of sp³-hybridized carbons (Fsp3) is 0.0588. The van der Waals surface area contributed by atoms with Crippen LogP contribution in [0.15, 0.2) is 65.3 Å². The molecule has 1 aliphatic heterocycles. The van der Waals surface area contributed by atoms with Gasteiger partial charge in [0.2, 0.25) is 5.90 Å². The van der Waals surface area contributed by atoms with Gasteiger partial charge in [-0.25, -0.2) is 9.79 Å². The molecule has 0 saturated carbocycles. The topological polar surface area (TPSA) is 47.9 Å². The molecule has 1 aliphatic rings. The molecule has 0 bridgehead atoms. The molecule has 0 aliphatic carbocycles. The number of hydrogen-bond donors (Lipinski definition) is 0. The molecule has 0 spiro atoms. The van der Waals surface area contributed by atoms with Gasteiger partial charge in [0.15, 0.2) is 12.3 Å². The van der Waals surface area contributed by atoms with E-state index >= 15 is 0 Å². The molecule has 0 N–H and O–H groups in total. The third-order valence-corrected chi connectivity index (χ3v) is 3.16. The summed E-state index contributed by atoms with van der Waals surface area (Å²) in [5, 5.41) is 0.595. The Balaban J connectivity index is 1.71. The second-order valence-electron chi connectivity index (χ2n) is 4.58. The third-order valence-electron chi connectivity index (χ3n) is 2.92. The third kappa shape index (κ3) is 3.54. The predicted octanol–water partition coefficient (Wildman–Crippen LogP) is 3.72. The van der Waals surface area contributed by atoms with Crippen molar-refractivity contribution in [3.8, 4) is 5.75 Å². The van der Waals surface area contributed by atoms with Gasteiger partial charge in [-0.1, -0.05) is 41.9 Å². The van der Waals surface area contributed by atoms with Crippen LogP contribution >= 0.6 is 11.6 Å². The zero-order valence-electron chi connectivity index (χ0n) is 11.5. The fourth-order valence-corrected chi connectivity index (χ4v) is 2.13. The number of aliphatic imine (C=N–C) groups is 1. The van der Waals surface area contributed by atoms with Crippen molar-refractivity contribution in [3.05, 3.63) is 70.9 Å². The molecular weight excluding hydrogens is 302 g/mol. The molecule has 2 aromatic carbocycles. The van der Waals surface area contributed by atoms with E-state index < -0.39 is 5.97 Å². The summed E-state index contributed by atoms with van der Waals surface area (Å²) in [4.78, 5) is 15.9. The van der Waals surface area contributed by atoms with Crippen molar-refractivity contribution in [3.63, 3.8) is 0 Å². The standard InChI is InChI=1S/C17H12ClNO3/c18-13-6-4-5-12(9-13)10-15-17(20)22-16(19-15)11-21-14-7-2-1-3-8-14/h1-10H,11H2/b15-10+. The highest BCUT2D eigenvalue weighted by Gasteiger charge is 2.23. The van der Waals surface area contributed by atoms with Gasteiger partial charge in [0.25, 0.3) is 0 Å². The summed E-state index contributed by atoms with van der Waals surface area (Å²) in [5.74, 6) is 0.433. The second kappa shape index (κ2) is 6.45. The van der Waals surface area contributed by atoms with Crippen LogP contribution in [0.3, 0.4) is 0 Å². The van der Waals surface area contributed by atoms with E-state index in [9.17, 15) is 4.79 Å². The van der Waals surface area contributed by atoms with E-state index in [2.05, 4.69) is 4.99 Å². The molecule has 0 radical (unpaired) electrons. The minimum atomic E-state index is -0.494. The van der Waals surface area contributed by atoms with E-state index in [1.54, 1.807) is 24.3 Å². The first-order valence-electron chi connectivity index (χ1n) is 6.65. The van der Waals surface area contributed by atoms with Crippen molar-refractivity contribution in [2.75, 3.05) is 6.61 Å². The van der Waals surface area contributed by atoms with E-state index in [1.807, 2.05) is 36.4 Å². The van der Waals surface area contributed by atoms with E-state index in [4.69, 9.17) is 21.1 Å². The number of para-hydroxylation sites is 1. The first kappa shape index (κ1) is 14.4. The molecule has 0 amide bonds. The van der Waals surface area contributed by atoms with Crippen molar-refractivity contribution in [2.45, 2.75) is 0 Å². The van der Waals surface area contributed by atoms with Crippen LogP contribution in [0.1, 0.15) is 5.56 Å². The Kier molecular flexibility index (Phi) is 4.21. The zero-order valence-corrected chi connectivity index (χ0v) is 12.3. The zero-order chi connectivity index (χ0) is 15.4. The smallest absolute Gasteiger partial charge is 0.363 e. The number of ether oxygens (including phenoxy) is 2. The lowest BCUT2D eigenvalue weighted by Crippen LogP contribution is -2.13. The maximum Gasteiger partial charge on any atom is 0.363 e. The molecule has 1 heterocycles. The predicted molar refractivity (Wildman–Crippen MR) is 84.9 cm³/mol. The highest BCUT2D eigenvalue weighted by molar-refractivity contribution is 6.30. The van der Waals surface area contributed by atoms with Crippen molar-refractivity contribution in [1.29, 1.82) is 0 Å². The maximum absolute atomic E-state index is 11.8. The molecule has 2 aromatic rings. The second-order valence-corrected chi connectivity index (χ2v) is 5.02. The Labute approximate surface area is 132 Å². The van der Waals surface area contributed by atoms with E-state index in [1.165, 1.54) is 0 Å². The van der Waals surface area contributed by atoms with Gasteiger partial charge >= 0.3 is 5.97 Å². The molecule has 0 saturated heterocycles. The van der Waals surface area contributed by atoms with Gasteiger partial charge in [-0.15, -0.1) is 0 Å². The quantitative estimate of drug-likeness (QED) is 0.638. The Bertz CT molecular complexity index is 754. The molecule has 5 heteroatoms. The molecular formula is C17H12ClNO3. The summed E-state index contributed by atoms with van der Waals surface area (Å²) in [7, 11) is 0. The SMILES string of the molecule is O=C1OC(COc2ccccc2)=N/C1=C/c1cccc(Cl)c1. The monoisotopic (exact) mass is 313 g/mol. The molecule has 0 fully saturated rings. The van der Waals surface area contributed by atoms with Crippen LogP contribution in [-0.2, 0) is 9.53 Å². The van der Waals surface area contributed by atoms with Crippen LogP contribution < -0.4 is 4.74 Å². The van der Waals surface area contributed by atoms with Crippen LogP contribution in [0, 0.1) is 0 Å². The van der Waals surface area contributed by atoms with Gasteiger partial charge in [-0.3, -0.25) is 0 Å². The summed E-state index contributed by atoms with van der Waals surface area (Å²) in [5.41, 5.74) is 1.02. The lowest BCUT2D eigenvalue weighted by Gasteiger charge is -2.03. The van der Waals surface area contributed by atoms with E-state index in [0.29, 0.717) is 10.8 Å². The maximum atomic E-state index is 11.8. The highest BCUT2D eigenvalue weighted by Crippen LogP contribution is 2.18. The molecule has 3 rings (SSSR count). The van der Waals surface area contributed by atoms with Crippen LogP contribution in [0.4, 0.5) is 0 Å². The summed E-state index contributed by atoms with van der Waals surface area (Å²) in [6, 6.07) is 16.4. The van der Waals surface area contributed by atoms with E-state index in [0.717, 1.165) is 5.56 Å². The Morgan fingerprint density at radius 3 is 2.73 bits per heavy atom. The summed E-state index contributed by atoms with van der Waals surface area (Å²) < 4.78 is 10.6. The molecule has 0 atom stereocenters. The fourth-order valence-electron chi connectivity index (χ4n) is 1.93. The Morgan fingerprint density at radius 2 is 1.95 bits per heavy atom. The van der Waals surface area contributed by atoms with Gasteiger partial charge in [-0.2, -0.15) is 0 Å². The number of rotatable bonds is 4. The highest BCUT2D eigenvalue weighted by atomic mass is 35.5. The van der Waals surface area contributed by atoms with Gasteiger partial charge in [0, 0.05) is 5.02 Å². The molecule has 4 nitrogen and oxygen atoms in total. The van der Waals surface area contributed by atoms with E-state index in [-0.39, 0.29) is 18.2 Å². The van der Waals surface area contributed by atoms with Gasteiger partial charge in [0.05, 0.1) is 0 Å². The molecule has 22 heavy (non-hydrogen) atoms. The number of hydrogen-bond acceptors (Lipinski definition) is 4. The van der Waals surface area contributed by atoms with Crippen molar-refractivity contribution in [2.24, 2.45) is 4.99 Å². The average molecular weight is 314 g/mol. The van der Waals surface area contributed by atoms with Gasteiger partial charge < -0.3 is 9.47 Å². The normalized spacial score (nSPS) is 15.6. The number of cyclic esters (lactones) is 1. The van der Waals surface area contributed by atoms with Crippen LogP contribution in [-0.4, -0.2) is 18.5 Å². The summed E-state index contributed by atoms with van der Waals surface area (Å²) >= 11 is 5.91. The number of nitrogens with zero attached hydrogens (tertiary/aromatic N) is 1. The minimum Gasteiger partial charge on any atom is -0.484 e. The summed E-state index contributed by atoms with van der Waals surface area (Å²) in [6.07, 6.45) is 1.63. The Morgan fingerprint density at radius 1 is 1.14 bits per heavy atom. The first-order valence-corrected chi connectivity index (χ1v) is 7.03. The largest absolute Gasteiger partial charge is 0.484 e. The van der Waals surface area contributed by atoms with Gasteiger partial charge in [-0.05, 0) is 35.9 Å². The molecule has 0 unspecified atom stereocenters. The lowest BCUT2D eigenvalue weighted by molar-refractivity contribution is -0.130. The number of carbonyl (C=O) groups is 1. The molecule has 110 valence electrons. The van der Waals surface area contributed by atoms with Crippen LogP contribution in [0.25, 0.3) is 6.08 Å². The first-order chi connectivity index (χ1) is 10.7. The summed E-state index contributed by atoms with van der Waals surface area (Å²) in [6.45, 7) is 0.0998. The average Bonchev–Trinajstić information content (AvgIpc) is 2.86. The van der Waals surface area contributed by atoms with Gasteiger partial charge in [0.1, 0.15) is 5.75 Å². The lowest BCUT2D eigenvalue weighted by atomic mass is 10.2. The number of halogens is 1. The van der Waals surface area contributed by atoms with Crippen molar-refractivity contribution >= 4 is 29.5 Å². The number of esters is 1. The van der Waals surface area contributed by atoms with Crippen LogP contribution in [0.5, 0.6) is 5.75 Å². The number of benzene rings is 2. The van der Waals surface area contributed by atoms with Crippen molar-refractivity contribution < 1.29 is 14.3 Å². The van der Waals surface area contributed by atoms with Crippen molar-refractivity contribution in [1.82, 2.24) is 0 Å². The number of carbonyl (C=O) groups excluding carboxylic acids is 1. The Hall–Kier alpha value is -2.59.